The summed E-state index contributed by atoms with van der Waals surface area (Å²) in [6.45, 7) is 2.74. The number of halogens is 1. The van der Waals surface area contributed by atoms with Crippen molar-refractivity contribution in [1.29, 1.82) is 0 Å². The topological polar surface area (TPSA) is 77.5 Å². The van der Waals surface area contributed by atoms with Gasteiger partial charge in [-0.2, -0.15) is 9.59 Å². The summed E-state index contributed by atoms with van der Waals surface area (Å²) in [5, 5.41) is 0.756. The van der Waals surface area contributed by atoms with Crippen molar-refractivity contribution in [2.45, 2.75) is 51.9 Å². The Morgan fingerprint density at radius 2 is 1.73 bits per heavy atom. The standard InChI is InChI=1S/C25H31ClO3S.CO2/c1-3-19-10-15-25(21(17-19)7-4-5-16-30(2,27)28)29-18-22-8-6-9-24(22)20-11-13-23(26)14-12-20;2-1-3/h10-15,17H,3-9,16,18H2,1-2H3;. The summed E-state index contributed by atoms with van der Waals surface area (Å²) in [4.78, 5) is 16.2. The van der Waals surface area contributed by atoms with Crippen LogP contribution in [0.3, 0.4) is 0 Å². The smallest absolute Gasteiger partial charge is 0.373 e. The molecule has 3 rings (SSSR count). The number of hydrogen-bond donors (Lipinski definition) is 0. The summed E-state index contributed by atoms with van der Waals surface area (Å²) in [6.07, 6.45) is 8.18. The fourth-order valence-electron chi connectivity index (χ4n) is 4.00. The summed E-state index contributed by atoms with van der Waals surface area (Å²) in [5.74, 6) is 1.16. The van der Waals surface area contributed by atoms with Crippen molar-refractivity contribution in [3.05, 3.63) is 69.8 Å². The molecular formula is C26H31ClO5S. The first kappa shape index (κ1) is 26.8. The fraction of sp³-hybridized carbons (Fsp3) is 0.423. The minimum absolute atomic E-state index is 0.244. The molecule has 0 bridgehead atoms. The molecule has 2 aromatic rings. The third kappa shape index (κ3) is 9.17. The van der Waals surface area contributed by atoms with E-state index in [1.807, 2.05) is 12.1 Å². The van der Waals surface area contributed by atoms with Crippen LogP contribution in [0.25, 0.3) is 5.57 Å². The highest BCUT2D eigenvalue weighted by Gasteiger charge is 2.17. The monoisotopic (exact) mass is 490 g/mol. The number of benzene rings is 2. The molecule has 33 heavy (non-hydrogen) atoms. The maximum Gasteiger partial charge on any atom is 0.373 e. The van der Waals surface area contributed by atoms with Crippen molar-refractivity contribution < 1.29 is 22.7 Å². The maximum absolute atomic E-state index is 11.4. The molecular weight excluding hydrogens is 460 g/mol. The molecule has 1 aliphatic carbocycles. The molecule has 178 valence electrons. The zero-order valence-electron chi connectivity index (χ0n) is 19.2. The van der Waals surface area contributed by atoms with E-state index in [4.69, 9.17) is 25.9 Å². The highest BCUT2D eigenvalue weighted by atomic mass is 35.5. The van der Waals surface area contributed by atoms with E-state index >= 15 is 0 Å². The summed E-state index contributed by atoms with van der Waals surface area (Å²) in [7, 11) is -2.90. The Balaban J connectivity index is 0.00000122. The molecule has 0 unspecified atom stereocenters. The van der Waals surface area contributed by atoms with E-state index < -0.39 is 9.84 Å². The predicted molar refractivity (Wildman–Crippen MR) is 131 cm³/mol. The molecule has 1 aliphatic rings. The van der Waals surface area contributed by atoms with Crippen molar-refractivity contribution in [3.8, 4) is 5.75 Å². The number of unbranched alkanes of at least 4 members (excludes halogenated alkanes) is 1. The van der Waals surface area contributed by atoms with E-state index in [-0.39, 0.29) is 11.9 Å². The average Bonchev–Trinajstić information content (AvgIpc) is 3.24. The number of aryl methyl sites for hydroxylation is 2. The largest absolute Gasteiger partial charge is 0.489 e. The molecule has 0 spiro atoms. The molecule has 7 heteroatoms. The Hall–Kier alpha value is -2.40. The van der Waals surface area contributed by atoms with Gasteiger partial charge in [-0.3, -0.25) is 0 Å². The van der Waals surface area contributed by atoms with Gasteiger partial charge in [-0.15, -0.1) is 0 Å². The second-order valence-corrected chi connectivity index (χ2v) is 10.9. The third-order valence-corrected chi connectivity index (χ3v) is 6.95. The van der Waals surface area contributed by atoms with E-state index in [2.05, 4.69) is 37.3 Å². The Morgan fingerprint density at radius 1 is 1.03 bits per heavy atom. The van der Waals surface area contributed by atoms with Crippen LogP contribution in [0, 0.1) is 0 Å². The normalized spacial score (nSPS) is 13.3. The van der Waals surface area contributed by atoms with Gasteiger partial charge in [-0.05, 0) is 91.0 Å². The molecule has 0 fully saturated rings. The zero-order valence-corrected chi connectivity index (χ0v) is 20.8. The van der Waals surface area contributed by atoms with Crippen LogP contribution in [0.4, 0.5) is 0 Å². The molecule has 0 saturated carbocycles. The highest BCUT2D eigenvalue weighted by Crippen LogP contribution is 2.35. The zero-order chi connectivity index (χ0) is 24.3. The Morgan fingerprint density at radius 3 is 2.36 bits per heavy atom. The van der Waals surface area contributed by atoms with Gasteiger partial charge in [0.2, 0.25) is 0 Å². The second kappa shape index (κ2) is 13.3. The summed E-state index contributed by atoms with van der Waals surface area (Å²) in [6, 6.07) is 14.5. The third-order valence-electron chi connectivity index (χ3n) is 5.67. The van der Waals surface area contributed by atoms with Crippen molar-refractivity contribution in [3.63, 3.8) is 0 Å². The van der Waals surface area contributed by atoms with E-state index in [1.165, 1.54) is 34.1 Å². The van der Waals surface area contributed by atoms with Crippen LogP contribution in [0.1, 0.15) is 55.7 Å². The first-order valence-corrected chi connectivity index (χ1v) is 13.6. The Kier molecular flexibility index (Phi) is 10.9. The van der Waals surface area contributed by atoms with Crippen LogP contribution in [0.5, 0.6) is 5.75 Å². The Bertz CT molecular complexity index is 1080. The molecule has 0 saturated heterocycles. The summed E-state index contributed by atoms with van der Waals surface area (Å²) in [5.41, 5.74) is 6.43. The van der Waals surface area contributed by atoms with Crippen LogP contribution >= 0.6 is 11.6 Å². The number of rotatable bonds is 10. The molecule has 0 amide bonds. The number of hydrogen-bond acceptors (Lipinski definition) is 5. The Labute approximate surface area is 201 Å². The van der Waals surface area contributed by atoms with Gasteiger partial charge in [-0.1, -0.05) is 42.8 Å². The van der Waals surface area contributed by atoms with Crippen LogP contribution in [0.15, 0.2) is 48.0 Å². The van der Waals surface area contributed by atoms with Gasteiger partial charge in [-0.25, -0.2) is 8.42 Å². The molecule has 0 N–H and O–H groups in total. The van der Waals surface area contributed by atoms with Crippen LogP contribution in [-0.4, -0.2) is 33.2 Å². The molecule has 5 nitrogen and oxygen atoms in total. The maximum atomic E-state index is 11.4. The number of carbonyl (C=O) groups excluding carboxylic acids is 2. The van der Waals surface area contributed by atoms with Crippen molar-refractivity contribution >= 4 is 33.2 Å². The minimum Gasteiger partial charge on any atom is -0.489 e. The molecule has 2 aromatic carbocycles. The lowest BCUT2D eigenvalue weighted by atomic mass is 10.0. The minimum atomic E-state index is -2.90. The van der Waals surface area contributed by atoms with E-state index in [0.717, 1.165) is 49.3 Å². The van der Waals surface area contributed by atoms with Crippen LogP contribution < -0.4 is 4.74 Å². The quantitative estimate of drug-likeness (QED) is 0.399. The highest BCUT2D eigenvalue weighted by molar-refractivity contribution is 7.90. The first-order chi connectivity index (χ1) is 15.8. The average molecular weight is 491 g/mol. The van der Waals surface area contributed by atoms with Gasteiger partial charge in [0.05, 0.1) is 0 Å². The second-order valence-electron chi connectivity index (χ2n) is 8.20. The van der Waals surface area contributed by atoms with E-state index in [1.54, 1.807) is 0 Å². The molecule has 0 atom stereocenters. The van der Waals surface area contributed by atoms with E-state index in [0.29, 0.717) is 13.0 Å². The first-order valence-electron chi connectivity index (χ1n) is 11.2. The lowest BCUT2D eigenvalue weighted by Crippen LogP contribution is -2.05. The predicted octanol–water partition coefficient (Wildman–Crippen LogP) is 5.70. The van der Waals surface area contributed by atoms with E-state index in [9.17, 15) is 8.42 Å². The summed E-state index contributed by atoms with van der Waals surface area (Å²) >= 11 is 6.04. The van der Waals surface area contributed by atoms with Gasteiger partial charge >= 0.3 is 6.15 Å². The van der Waals surface area contributed by atoms with Crippen molar-refractivity contribution in [2.24, 2.45) is 0 Å². The SMILES string of the molecule is CCc1ccc(OCC2=C(c3ccc(Cl)cc3)CCC2)c(CCCCS(C)(=O)=O)c1.O=C=O. The van der Waals surface area contributed by atoms with Gasteiger partial charge in [0.15, 0.2) is 0 Å². The van der Waals surface area contributed by atoms with Crippen molar-refractivity contribution in [1.82, 2.24) is 0 Å². The summed E-state index contributed by atoms with van der Waals surface area (Å²) < 4.78 is 29.1. The number of sulfone groups is 1. The molecule has 0 aliphatic heterocycles. The van der Waals surface area contributed by atoms with Crippen molar-refractivity contribution in [2.75, 3.05) is 18.6 Å². The van der Waals surface area contributed by atoms with Crippen LogP contribution in [-0.2, 0) is 32.3 Å². The lowest BCUT2D eigenvalue weighted by Gasteiger charge is -2.15. The molecule has 0 aromatic heterocycles. The number of ether oxygens (including phenoxy) is 1. The van der Waals surface area contributed by atoms with Gasteiger partial charge in [0, 0.05) is 17.0 Å². The fourth-order valence-corrected chi connectivity index (χ4v) is 4.85. The van der Waals surface area contributed by atoms with Gasteiger partial charge < -0.3 is 4.74 Å². The van der Waals surface area contributed by atoms with Gasteiger partial charge in [0.1, 0.15) is 22.2 Å². The molecule has 0 radical (unpaired) electrons. The van der Waals surface area contributed by atoms with Crippen LogP contribution in [0.2, 0.25) is 5.02 Å². The van der Waals surface area contributed by atoms with Gasteiger partial charge in [0.25, 0.3) is 0 Å². The number of allylic oxidation sites excluding steroid dienone is 1. The molecule has 0 heterocycles. The lowest BCUT2D eigenvalue weighted by molar-refractivity contribution is -0.191.